The normalized spacial score (nSPS) is 15.8. The average molecular weight is 358 g/mol. The molecule has 0 bridgehead atoms. The quantitative estimate of drug-likeness (QED) is 0.496. The topological polar surface area (TPSA) is 64.6 Å². The molecule has 0 aromatic heterocycles. The molecule has 0 atom stereocenters. The molecule has 2 rings (SSSR count). The molecule has 1 heterocycles. The van der Waals surface area contributed by atoms with Crippen molar-refractivity contribution in [2.75, 3.05) is 13.2 Å². The molecular weight excluding hydrogens is 346 g/mol. The van der Waals surface area contributed by atoms with Crippen LogP contribution in [0, 0.1) is 0 Å². The van der Waals surface area contributed by atoms with Gasteiger partial charge in [-0.1, -0.05) is 35.6 Å². The summed E-state index contributed by atoms with van der Waals surface area (Å²) in [6, 6.07) is 4.91. The number of amides is 1. The number of benzene rings is 1. The maximum absolute atomic E-state index is 11.7. The summed E-state index contributed by atoms with van der Waals surface area (Å²) in [5.74, 6) is -0.312. The molecule has 1 aromatic carbocycles. The van der Waals surface area contributed by atoms with Gasteiger partial charge in [-0.2, -0.15) is 0 Å². The predicted octanol–water partition coefficient (Wildman–Crippen LogP) is 2.77. The van der Waals surface area contributed by atoms with Crippen LogP contribution in [0.3, 0.4) is 0 Å². The van der Waals surface area contributed by atoms with Gasteiger partial charge in [-0.25, -0.2) is 4.79 Å². The highest BCUT2D eigenvalue weighted by Gasteiger charge is 2.22. The summed E-state index contributed by atoms with van der Waals surface area (Å²) >= 11 is 12.1. The SMILES string of the molecule is CCOC(=O)COc1ccc(Cl)cc1/C=C1\SC(=S)NC1=O. The van der Waals surface area contributed by atoms with Crippen LogP contribution in [-0.4, -0.2) is 29.4 Å². The van der Waals surface area contributed by atoms with Crippen molar-refractivity contribution in [3.05, 3.63) is 33.7 Å². The summed E-state index contributed by atoms with van der Waals surface area (Å²) in [6.45, 7) is 1.78. The zero-order valence-corrected chi connectivity index (χ0v) is 13.9. The largest absolute Gasteiger partial charge is 0.481 e. The first-order valence-corrected chi connectivity index (χ1v) is 7.92. The minimum atomic E-state index is -0.467. The molecule has 1 aromatic rings. The van der Waals surface area contributed by atoms with Crippen LogP contribution in [0.5, 0.6) is 5.75 Å². The van der Waals surface area contributed by atoms with Gasteiger partial charge >= 0.3 is 5.97 Å². The minimum Gasteiger partial charge on any atom is -0.481 e. The third-order valence-corrected chi connectivity index (χ3v) is 3.95. The van der Waals surface area contributed by atoms with Gasteiger partial charge in [0, 0.05) is 10.6 Å². The fraction of sp³-hybridized carbons (Fsp3) is 0.214. The summed E-state index contributed by atoms with van der Waals surface area (Å²) in [5.41, 5.74) is 0.583. The highest BCUT2D eigenvalue weighted by Crippen LogP contribution is 2.30. The van der Waals surface area contributed by atoms with E-state index in [-0.39, 0.29) is 19.1 Å². The Balaban J connectivity index is 2.21. The van der Waals surface area contributed by atoms with Gasteiger partial charge in [0.1, 0.15) is 10.1 Å². The summed E-state index contributed by atoms with van der Waals surface area (Å²) < 4.78 is 10.6. The molecular formula is C14H12ClNO4S2. The third kappa shape index (κ3) is 4.46. The average Bonchev–Trinajstić information content (AvgIpc) is 2.76. The Bertz CT molecular complexity index is 660. The van der Waals surface area contributed by atoms with Crippen LogP contribution in [-0.2, 0) is 14.3 Å². The van der Waals surface area contributed by atoms with Crippen molar-refractivity contribution in [3.8, 4) is 5.75 Å². The Kier molecular flexibility index (Phi) is 5.82. The number of carbonyl (C=O) groups is 2. The molecule has 116 valence electrons. The first-order chi connectivity index (χ1) is 10.5. The number of carbonyl (C=O) groups excluding carboxylic acids is 2. The van der Waals surface area contributed by atoms with Gasteiger partial charge in [-0.3, -0.25) is 4.79 Å². The molecule has 5 nitrogen and oxygen atoms in total. The van der Waals surface area contributed by atoms with Crippen molar-refractivity contribution >= 4 is 57.9 Å². The second kappa shape index (κ2) is 7.62. The summed E-state index contributed by atoms with van der Waals surface area (Å²) in [4.78, 5) is 23.5. The van der Waals surface area contributed by atoms with Crippen LogP contribution in [0.25, 0.3) is 6.08 Å². The second-order valence-electron chi connectivity index (χ2n) is 4.13. The Hall–Kier alpha value is -1.57. The highest BCUT2D eigenvalue weighted by molar-refractivity contribution is 8.26. The van der Waals surface area contributed by atoms with E-state index in [1.54, 1.807) is 31.2 Å². The van der Waals surface area contributed by atoms with Crippen molar-refractivity contribution in [1.29, 1.82) is 0 Å². The Morgan fingerprint density at radius 1 is 1.50 bits per heavy atom. The monoisotopic (exact) mass is 357 g/mol. The van der Waals surface area contributed by atoms with Crippen molar-refractivity contribution in [1.82, 2.24) is 5.32 Å². The van der Waals surface area contributed by atoms with E-state index in [4.69, 9.17) is 33.3 Å². The number of hydrogen-bond acceptors (Lipinski definition) is 6. The van der Waals surface area contributed by atoms with Crippen LogP contribution >= 0.6 is 35.6 Å². The molecule has 8 heteroatoms. The standard InChI is InChI=1S/C14H12ClNO4S2/c1-2-19-12(17)7-20-10-4-3-9(15)5-8(10)6-11-13(18)16-14(21)22-11/h3-6H,2,7H2,1H3,(H,16,18,21)/b11-6-. The van der Waals surface area contributed by atoms with E-state index in [2.05, 4.69) is 5.32 Å². The van der Waals surface area contributed by atoms with Crippen LogP contribution < -0.4 is 10.1 Å². The molecule has 1 fully saturated rings. The van der Waals surface area contributed by atoms with Gasteiger partial charge in [0.15, 0.2) is 6.61 Å². The molecule has 1 saturated heterocycles. The van der Waals surface area contributed by atoms with Crippen molar-refractivity contribution < 1.29 is 19.1 Å². The zero-order chi connectivity index (χ0) is 16.1. The maximum atomic E-state index is 11.7. The summed E-state index contributed by atoms with van der Waals surface area (Å²) in [6.07, 6.45) is 1.62. The fourth-order valence-corrected chi connectivity index (χ4v) is 2.88. The Morgan fingerprint density at radius 2 is 2.27 bits per heavy atom. The minimum absolute atomic E-state index is 0.219. The molecule has 1 N–H and O–H groups in total. The molecule has 0 aliphatic carbocycles. The van der Waals surface area contributed by atoms with Gasteiger partial charge in [0.2, 0.25) is 0 Å². The first-order valence-electron chi connectivity index (χ1n) is 6.32. The van der Waals surface area contributed by atoms with Gasteiger partial charge < -0.3 is 14.8 Å². The van der Waals surface area contributed by atoms with Crippen LogP contribution in [0.2, 0.25) is 5.02 Å². The van der Waals surface area contributed by atoms with Crippen LogP contribution in [0.4, 0.5) is 0 Å². The molecule has 1 amide bonds. The second-order valence-corrected chi connectivity index (χ2v) is 6.28. The lowest BCUT2D eigenvalue weighted by atomic mass is 10.2. The van der Waals surface area contributed by atoms with Crippen molar-refractivity contribution in [2.24, 2.45) is 0 Å². The van der Waals surface area contributed by atoms with Crippen LogP contribution in [0.15, 0.2) is 23.1 Å². The first kappa shape index (κ1) is 16.8. The number of thioether (sulfide) groups is 1. The van der Waals surface area contributed by atoms with E-state index >= 15 is 0 Å². The summed E-state index contributed by atoms with van der Waals surface area (Å²) in [5, 5.41) is 3.01. The molecule has 0 unspecified atom stereocenters. The van der Waals surface area contributed by atoms with Gasteiger partial charge in [-0.05, 0) is 31.2 Å². The van der Waals surface area contributed by atoms with E-state index < -0.39 is 5.97 Å². The molecule has 1 aliphatic heterocycles. The molecule has 1 aliphatic rings. The van der Waals surface area contributed by atoms with E-state index in [1.807, 2.05) is 0 Å². The van der Waals surface area contributed by atoms with Crippen LogP contribution in [0.1, 0.15) is 12.5 Å². The van der Waals surface area contributed by atoms with E-state index in [0.717, 1.165) is 11.8 Å². The predicted molar refractivity (Wildman–Crippen MR) is 89.9 cm³/mol. The number of hydrogen-bond donors (Lipinski definition) is 1. The fourth-order valence-electron chi connectivity index (χ4n) is 1.67. The number of esters is 1. The number of halogens is 1. The Morgan fingerprint density at radius 3 is 2.91 bits per heavy atom. The van der Waals surface area contributed by atoms with Gasteiger partial charge in [-0.15, -0.1) is 0 Å². The van der Waals surface area contributed by atoms with E-state index in [1.165, 1.54) is 0 Å². The number of ether oxygens (including phenoxy) is 2. The molecule has 22 heavy (non-hydrogen) atoms. The number of thiocarbonyl (C=S) groups is 1. The lowest BCUT2D eigenvalue weighted by molar-refractivity contribution is -0.145. The van der Waals surface area contributed by atoms with Crippen molar-refractivity contribution in [2.45, 2.75) is 6.92 Å². The maximum Gasteiger partial charge on any atom is 0.344 e. The highest BCUT2D eigenvalue weighted by atomic mass is 35.5. The van der Waals surface area contributed by atoms with Crippen molar-refractivity contribution in [3.63, 3.8) is 0 Å². The molecule has 0 spiro atoms. The molecule has 0 saturated carbocycles. The number of nitrogens with one attached hydrogen (secondary N) is 1. The number of rotatable bonds is 5. The van der Waals surface area contributed by atoms with E-state index in [0.29, 0.717) is 25.6 Å². The third-order valence-electron chi connectivity index (χ3n) is 2.55. The summed E-state index contributed by atoms with van der Waals surface area (Å²) in [7, 11) is 0. The lowest BCUT2D eigenvalue weighted by Crippen LogP contribution is -2.17. The van der Waals surface area contributed by atoms with Gasteiger partial charge in [0.05, 0.1) is 11.5 Å². The Labute approximate surface area is 142 Å². The van der Waals surface area contributed by atoms with Gasteiger partial charge in [0.25, 0.3) is 5.91 Å². The van der Waals surface area contributed by atoms with E-state index in [9.17, 15) is 9.59 Å². The lowest BCUT2D eigenvalue weighted by Gasteiger charge is -2.09. The smallest absolute Gasteiger partial charge is 0.344 e. The zero-order valence-electron chi connectivity index (χ0n) is 11.6. The molecule has 0 radical (unpaired) electrons.